The van der Waals surface area contributed by atoms with Crippen molar-refractivity contribution >= 4 is 11.0 Å². The summed E-state index contributed by atoms with van der Waals surface area (Å²) in [6.45, 7) is 4.23. The summed E-state index contributed by atoms with van der Waals surface area (Å²) >= 11 is 0. The van der Waals surface area contributed by atoms with Gasteiger partial charge in [-0.2, -0.15) is 0 Å². The van der Waals surface area contributed by atoms with Gasteiger partial charge >= 0.3 is 0 Å². The van der Waals surface area contributed by atoms with Crippen LogP contribution in [0.25, 0.3) is 22.3 Å². The number of hydrogen-bond acceptors (Lipinski definition) is 2. The SMILES string of the molecule is CCc1[c]ccc(-c2cc(=O)c3ccccc3o2)c1CC. The van der Waals surface area contributed by atoms with Crippen molar-refractivity contribution in [2.45, 2.75) is 26.7 Å². The molecule has 0 atom stereocenters. The lowest BCUT2D eigenvalue weighted by atomic mass is 9.95. The van der Waals surface area contributed by atoms with E-state index in [9.17, 15) is 4.79 Å². The fourth-order valence-electron chi connectivity index (χ4n) is 2.76. The van der Waals surface area contributed by atoms with Gasteiger partial charge in [0.25, 0.3) is 0 Å². The fraction of sp³-hybridized carbons (Fsp3) is 0.211. The minimum atomic E-state index is -0.000200. The summed E-state index contributed by atoms with van der Waals surface area (Å²) in [6, 6.07) is 16.1. The van der Waals surface area contributed by atoms with Gasteiger partial charge in [0.15, 0.2) is 5.43 Å². The molecule has 0 saturated heterocycles. The van der Waals surface area contributed by atoms with Gasteiger partial charge in [-0.3, -0.25) is 4.79 Å². The van der Waals surface area contributed by atoms with Gasteiger partial charge in [-0.25, -0.2) is 0 Å². The highest BCUT2D eigenvalue weighted by Crippen LogP contribution is 2.28. The molecule has 0 aliphatic heterocycles. The second kappa shape index (κ2) is 5.57. The number of fused-ring (bicyclic) bond motifs is 1. The lowest BCUT2D eigenvalue weighted by Gasteiger charge is -2.11. The molecular formula is C19H17O2. The van der Waals surface area contributed by atoms with E-state index in [-0.39, 0.29) is 5.43 Å². The summed E-state index contributed by atoms with van der Waals surface area (Å²) in [6.07, 6.45) is 1.82. The van der Waals surface area contributed by atoms with E-state index in [1.54, 1.807) is 12.1 Å². The molecule has 2 nitrogen and oxygen atoms in total. The summed E-state index contributed by atoms with van der Waals surface area (Å²) in [5.74, 6) is 0.638. The van der Waals surface area contributed by atoms with Gasteiger partial charge in [0.2, 0.25) is 0 Å². The molecule has 1 aromatic heterocycles. The normalized spacial score (nSPS) is 11.0. The Morgan fingerprint density at radius 1 is 1.10 bits per heavy atom. The zero-order valence-electron chi connectivity index (χ0n) is 12.3. The first-order valence-corrected chi connectivity index (χ1v) is 7.30. The minimum Gasteiger partial charge on any atom is -0.456 e. The van der Waals surface area contributed by atoms with Gasteiger partial charge in [0.1, 0.15) is 11.3 Å². The molecule has 0 saturated carbocycles. The van der Waals surface area contributed by atoms with Crippen molar-refractivity contribution in [1.82, 2.24) is 0 Å². The van der Waals surface area contributed by atoms with E-state index in [4.69, 9.17) is 4.42 Å². The summed E-state index contributed by atoms with van der Waals surface area (Å²) in [4.78, 5) is 12.3. The Hall–Kier alpha value is -2.35. The van der Waals surface area contributed by atoms with Crippen LogP contribution in [0.15, 0.2) is 51.7 Å². The van der Waals surface area contributed by atoms with Gasteiger partial charge < -0.3 is 4.42 Å². The van der Waals surface area contributed by atoms with Crippen molar-refractivity contribution in [3.05, 3.63) is 69.9 Å². The maximum atomic E-state index is 12.3. The molecule has 0 N–H and O–H groups in total. The Morgan fingerprint density at radius 2 is 1.90 bits per heavy atom. The smallest absolute Gasteiger partial charge is 0.193 e. The molecule has 2 heteroatoms. The van der Waals surface area contributed by atoms with E-state index in [1.165, 1.54) is 11.1 Å². The molecule has 21 heavy (non-hydrogen) atoms. The zero-order chi connectivity index (χ0) is 14.8. The molecule has 3 aromatic rings. The van der Waals surface area contributed by atoms with E-state index >= 15 is 0 Å². The third-order valence-corrected chi connectivity index (χ3v) is 3.80. The summed E-state index contributed by atoms with van der Waals surface area (Å²) in [5.41, 5.74) is 4.02. The van der Waals surface area contributed by atoms with Crippen LogP contribution in [0, 0.1) is 6.07 Å². The van der Waals surface area contributed by atoms with Crippen molar-refractivity contribution in [1.29, 1.82) is 0 Å². The molecule has 1 heterocycles. The van der Waals surface area contributed by atoms with Gasteiger partial charge in [0.05, 0.1) is 5.39 Å². The molecule has 105 valence electrons. The molecule has 0 aliphatic rings. The summed E-state index contributed by atoms with van der Waals surface area (Å²) in [7, 11) is 0. The first-order chi connectivity index (χ1) is 10.2. The number of benzene rings is 2. The van der Waals surface area contributed by atoms with Crippen LogP contribution in [-0.2, 0) is 12.8 Å². The molecule has 0 fully saturated rings. The summed E-state index contributed by atoms with van der Waals surface area (Å²) in [5, 5.41) is 0.623. The predicted molar refractivity (Wildman–Crippen MR) is 85.5 cm³/mol. The van der Waals surface area contributed by atoms with Gasteiger partial charge in [-0.1, -0.05) is 38.1 Å². The lowest BCUT2D eigenvalue weighted by molar-refractivity contribution is 0.618. The fourth-order valence-corrected chi connectivity index (χ4v) is 2.76. The van der Waals surface area contributed by atoms with Crippen LogP contribution < -0.4 is 5.43 Å². The van der Waals surface area contributed by atoms with Crippen molar-refractivity contribution in [2.75, 3.05) is 0 Å². The molecule has 0 amide bonds. The molecular weight excluding hydrogens is 260 g/mol. The minimum absolute atomic E-state index is 0.000200. The van der Waals surface area contributed by atoms with Crippen molar-refractivity contribution in [3.63, 3.8) is 0 Å². The van der Waals surface area contributed by atoms with Crippen LogP contribution >= 0.6 is 0 Å². The number of para-hydroxylation sites is 1. The van der Waals surface area contributed by atoms with Gasteiger partial charge in [-0.15, -0.1) is 0 Å². The van der Waals surface area contributed by atoms with E-state index < -0.39 is 0 Å². The topological polar surface area (TPSA) is 30.2 Å². The molecule has 0 unspecified atom stereocenters. The largest absolute Gasteiger partial charge is 0.456 e. The highest BCUT2D eigenvalue weighted by Gasteiger charge is 2.12. The van der Waals surface area contributed by atoms with E-state index in [2.05, 4.69) is 19.9 Å². The van der Waals surface area contributed by atoms with Gasteiger partial charge in [-0.05, 0) is 42.2 Å². The van der Waals surface area contributed by atoms with Crippen LogP contribution in [0.5, 0.6) is 0 Å². The standard InChI is InChI=1S/C19H17O2/c1-3-13-8-7-10-15(14(13)4-2)19-12-17(20)16-9-5-6-11-18(16)21-19/h5-7,9-12H,3-4H2,1-2H3. The third kappa shape index (κ3) is 2.38. The number of hydrogen-bond donors (Lipinski definition) is 0. The molecule has 3 rings (SSSR count). The highest BCUT2D eigenvalue weighted by molar-refractivity contribution is 5.79. The molecule has 1 radical (unpaired) electrons. The Morgan fingerprint density at radius 3 is 2.67 bits per heavy atom. The van der Waals surface area contributed by atoms with E-state index in [0.717, 1.165) is 18.4 Å². The maximum Gasteiger partial charge on any atom is 0.193 e. The first-order valence-electron chi connectivity index (χ1n) is 7.30. The van der Waals surface area contributed by atoms with Crippen LogP contribution in [0.2, 0.25) is 0 Å². The van der Waals surface area contributed by atoms with Gasteiger partial charge in [0, 0.05) is 11.6 Å². The number of rotatable bonds is 3. The quantitative estimate of drug-likeness (QED) is 0.711. The van der Waals surface area contributed by atoms with Crippen LogP contribution in [0.4, 0.5) is 0 Å². The van der Waals surface area contributed by atoms with Crippen molar-refractivity contribution < 1.29 is 4.42 Å². The Bertz CT molecular complexity index is 844. The maximum absolute atomic E-state index is 12.3. The molecule has 0 spiro atoms. The monoisotopic (exact) mass is 277 g/mol. The van der Waals surface area contributed by atoms with E-state index in [0.29, 0.717) is 16.7 Å². The lowest BCUT2D eigenvalue weighted by Crippen LogP contribution is -2.02. The zero-order valence-corrected chi connectivity index (χ0v) is 12.3. The Balaban J connectivity index is 2.28. The van der Waals surface area contributed by atoms with E-state index in [1.807, 2.05) is 30.3 Å². The Kier molecular flexibility index (Phi) is 3.61. The second-order valence-electron chi connectivity index (χ2n) is 5.03. The number of aryl methyl sites for hydroxylation is 1. The van der Waals surface area contributed by atoms with Crippen LogP contribution in [0.3, 0.4) is 0 Å². The van der Waals surface area contributed by atoms with Crippen LogP contribution in [-0.4, -0.2) is 0 Å². The average Bonchev–Trinajstić information content (AvgIpc) is 2.54. The molecule has 0 aliphatic carbocycles. The van der Waals surface area contributed by atoms with Crippen molar-refractivity contribution in [2.24, 2.45) is 0 Å². The highest BCUT2D eigenvalue weighted by atomic mass is 16.3. The summed E-state index contributed by atoms with van der Waals surface area (Å²) < 4.78 is 5.96. The second-order valence-corrected chi connectivity index (χ2v) is 5.03. The molecule has 2 aromatic carbocycles. The molecule has 0 bridgehead atoms. The average molecular weight is 277 g/mol. The Labute approximate surface area is 124 Å². The third-order valence-electron chi connectivity index (χ3n) is 3.80. The first kappa shape index (κ1) is 13.6. The van der Waals surface area contributed by atoms with Crippen LogP contribution in [0.1, 0.15) is 25.0 Å². The predicted octanol–water partition coefficient (Wildman–Crippen LogP) is 4.38. The van der Waals surface area contributed by atoms with Crippen molar-refractivity contribution in [3.8, 4) is 11.3 Å².